The third-order valence-electron chi connectivity index (χ3n) is 7.47. The summed E-state index contributed by atoms with van der Waals surface area (Å²) in [6.07, 6.45) is 4.68. The highest BCUT2D eigenvalue weighted by atomic mass is 35.5. The molecule has 194 valence electrons. The van der Waals surface area contributed by atoms with Crippen molar-refractivity contribution in [2.24, 2.45) is 0 Å². The predicted molar refractivity (Wildman–Crippen MR) is 145 cm³/mol. The zero-order valence-corrected chi connectivity index (χ0v) is 22.7. The molecule has 0 radical (unpaired) electrons. The second-order valence-electron chi connectivity index (χ2n) is 9.99. The molecule has 0 N–H and O–H groups in total. The van der Waals surface area contributed by atoms with Gasteiger partial charge in [0.15, 0.2) is 0 Å². The number of pyridine rings is 1. The summed E-state index contributed by atoms with van der Waals surface area (Å²) in [5.74, 6) is 2.33. The highest BCUT2D eigenvalue weighted by Gasteiger charge is 2.53. The lowest BCUT2D eigenvalue weighted by Crippen LogP contribution is -2.06. The summed E-state index contributed by atoms with van der Waals surface area (Å²) in [5, 5.41) is 5.97. The Morgan fingerprint density at radius 2 is 1.87 bits per heavy atom. The maximum absolute atomic E-state index is 10.7. The van der Waals surface area contributed by atoms with Gasteiger partial charge in [0, 0.05) is 34.2 Å². The van der Waals surface area contributed by atoms with Crippen LogP contribution in [0.5, 0.6) is 11.6 Å². The van der Waals surface area contributed by atoms with E-state index in [0.717, 1.165) is 41.7 Å². The van der Waals surface area contributed by atoms with Gasteiger partial charge in [0.05, 0.1) is 15.6 Å². The molecule has 2 atom stereocenters. The molecule has 38 heavy (non-hydrogen) atoms. The molecule has 2 heterocycles. The molecule has 2 saturated carbocycles. The van der Waals surface area contributed by atoms with E-state index in [1.54, 1.807) is 30.5 Å². The van der Waals surface area contributed by atoms with Gasteiger partial charge in [-0.15, -0.1) is 0 Å². The molecule has 2 aliphatic rings. The topological polar surface area (TPSA) is 74.5 Å². The van der Waals surface area contributed by atoms with Crippen molar-refractivity contribution in [1.29, 1.82) is 0 Å². The Kier molecular flexibility index (Phi) is 6.58. The van der Waals surface area contributed by atoms with Gasteiger partial charge in [0.25, 0.3) is 6.47 Å². The predicted octanol–water partition coefficient (Wildman–Crippen LogP) is 8.13. The van der Waals surface area contributed by atoms with Gasteiger partial charge in [-0.05, 0) is 66.6 Å². The van der Waals surface area contributed by atoms with Crippen LogP contribution < -0.4 is 9.47 Å². The van der Waals surface area contributed by atoms with Gasteiger partial charge >= 0.3 is 0 Å². The largest absolute Gasteiger partial charge is 0.489 e. The summed E-state index contributed by atoms with van der Waals surface area (Å²) in [6.45, 7) is 2.81. The summed E-state index contributed by atoms with van der Waals surface area (Å²) in [4.78, 5) is 14.8. The van der Waals surface area contributed by atoms with Crippen LogP contribution in [-0.2, 0) is 16.8 Å². The number of nitrogens with zero attached hydrogens (tertiary/aromatic N) is 2. The van der Waals surface area contributed by atoms with E-state index in [-0.39, 0.29) is 17.9 Å². The minimum absolute atomic E-state index is 0.142. The van der Waals surface area contributed by atoms with Crippen LogP contribution in [0.1, 0.15) is 60.5 Å². The molecule has 6 nitrogen and oxygen atoms in total. The van der Waals surface area contributed by atoms with E-state index in [4.69, 9.17) is 48.8 Å². The molecule has 2 aromatic heterocycles. The zero-order chi connectivity index (χ0) is 26.4. The van der Waals surface area contributed by atoms with Crippen molar-refractivity contribution in [3.8, 4) is 22.9 Å². The number of hydrogen-bond donors (Lipinski definition) is 0. The molecule has 0 spiro atoms. The van der Waals surface area contributed by atoms with E-state index in [1.165, 1.54) is 0 Å². The quantitative estimate of drug-likeness (QED) is 0.189. The molecule has 0 saturated heterocycles. The van der Waals surface area contributed by atoms with Gasteiger partial charge in [-0.3, -0.25) is 4.79 Å². The van der Waals surface area contributed by atoms with E-state index in [1.807, 2.05) is 24.3 Å². The van der Waals surface area contributed by atoms with Gasteiger partial charge in [-0.2, -0.15) is 0 Å². The third-order valence-corrected chi connectivity index (χ3v) is 8.42. The second kappa shape index (κ2) is 9.92. The lowest BCUT2D eigenvalue weighted by Gasteiger charge is -2.16. The minimum Gasteiger partial charge on any atom is -0.489 e. The number of carbonyl (C=O) groups excluding carboxylic acids is 1. The molecular formula is C29H23Cl3N2O4. The molecule has 9 heteroatoms. The first-order valence-corrected chi connectivity index (χ1v) is 13.4. The SMILES string of the molecule is CC1(c2ccc(OCc3c(-c4c(Cl)cccc4Cl)noc3C3CC3)cc2Cl)CC1c1ccnc(OC=O)c1. The first-order valence-electron chi connectivity index (χ1n) is 12.3. The number of ether oxygens (including phenoxy) is 2. The summed E-state index contributed by atoms with van der Waals surface area (Å²) in [5.41, 5.74) is 4.05. The van der Waals surface area contributed by atoms with Gasteiger partial charge in [0.1, 0.15) is 23.8 Å². The fourth-order valence-corrected chi connectivity index (χ4v) is 6.12. The summed E-state index contributed by atoms with van der Waals surface area (Å²) in [7, 11) is 0. The average Bonchev–Trinajstić information content (AvgIpc) is 3.81. The molecule has 0 aliphatic heterocycles. The van der Waals surface area contributed by atoms with Crippen molar-refractivity contribution in [3.05, 3.63) is 92.2 Å². The Morgan fingerprint density at radius 1 is 1.08 bits per heavy atom. The fraction of sp³-hybridized carbons (Fsp3) is 0.276. The van der Waals surface area contributed by atoms with E-state index >= 15 is 0 Å². The van der Waals surface area contributed by atoms with Crippen molar-refractivity contribution in [2.45, 2.75) is 50.0 Å². The smallest absolute Gasteiger partial charge is 0.299 e. The van der Waals surface area contributed by atoms with Gasteiger partial charge in [-0.1, -0.05) is 59.0 Å². The number of benzene rings is 2. The number of carbonyl (C=O) groups is 1. The summed E-state index contributed by atoms with van der Waals surface area (Å²) < 4.78 is 16.9. The van der Waals surface area contributed by atoms with Crippen LogP contribution in [-0.4, -0.2) is 16.6 Å². The van der Waals surface area contributed by atoms with E-state index < -0.39 is 0 Å². The Bertz CT molecular complexity index is 1510. The lowest BCUT2D eigenvalue weighted by molar-refractivity contribution is -0.120. The zero-order valence-electron chi connectivity index (χ0n) is 20.4. The molecule has 2 fully saturated rings. The van der Waals surface area contributed by atoms with Crippen molar-refractivity contribution in [1.82, 2.24) is 10.1 Å². The van der Waals surface area contributed by atoms with Crippen LogP contribution in [0.15, 0.2) is 59.3 Å². The van der Waals surface area contributed by atoms with Crippen molar-refractivity contribution >= 4 is 41.3 Å². The van der Waals surface area contributed by atoms with E-state index in [0.29, 0.717) is 50.3 Å². The number of aromatic nitrogens is 2. The summed E-state index contributed by atoms with van der Waals surface area (Å²) >= 11 is 19.7. The average molecular weight is 570 g/mol. The van der Waals surface area contributed by atoms with Crippen LogP contribution in [0.2, 0.25) is 15.1 Å². The lowest BCUT2D eigenvalue weighted by atomic mass is 9.93. The van der Waals surface area contributed by atoms with Crippen LogP contribution in [0.25, 0.3) is 11.3 Å². The van der Waals surface area contributed by atoms with Crippen LogP contribution >= 0.6 is 34.8 Å². The fourth-order valence-electron chi connectivity index (χ4n) is 5.16. The van der Waals surface area contributed by atoms with Crippen molar-refractivity contribution in [3.63, 3.8) is 0 Å². The van der Waals surface area contributed by atoms with Crippen LogP contribution in [0, 0.1) is 0 Å². The maximum Gasteiger partial charge on any atom is 0.299 e. The van der Waals surface area contributed by atoms with Crippen LogP contribution in [0.3, 0.4) is 0 Å². The van der Waals surface area contributed by atoms with E-state index in [9.17, 15) is 4.79 Å². The molecule has 2 aliphatic carbocycles. The van der Waals surface area contributed by atoms with Crippen molar-refractivity contribution in [2.75, 3.05) is 0 Å². The molecule has 6 rings (SSSR count). The number of halogens is 3. The highest BCUT2D eigenvalue weighted by Crippen LogP contribution is 2.61. The van der Waals surface area contributed by atoms with Gasteiger partial charge in [-0.25, -0.2) is 4.98 Å². The Labute approximate surface area is 234 Å². The first kappa shape index (κ1) is 25.2. The molecule has 2 unspecified atom stereocenters. The van der Waals surface area contributed by atoms with E-state index in [2.05, 4.69) is 17.1 Å². The normalized spacial score (nSPS) is 20.3. The van der Waals surface area contributed by atoms with Crippen LogP contribution in [0.4, 0.5) is 0 Å². The molecule has 0 amide bonds. The molecule has 2 aromatic carbocycles. The molecule has 4 aromatic rings. The standard InChI is InChI=1S/C29H23Cl3N2O4/c1-29(13-21(29)17-9-10-33-25(11-17)37-15-35)20-8-7-18(12-24(20)32)36-14-19-27(34-38-28(19)16-5-6-16)26-22(30)3-2-4-23(26)31/h2-4,7-12,15-16,21H,5-6,13-14H2,1H3. The summed E-state index contributed by atoms with van der Waals surface area (Å²) in [6, 6.07) is 14.9. The Hall–Kier alpha value is -3.06. The van der Waals surface area contributed by atoms with Gasteiger partial charge in [0.2, 0.25) is 5.88 Å². The minimum atomic E-state index is -0.142. The third kappa shape index (κ3) is 4.66. The Balaban J connectivity index is 1.23. The number of rotatable bonds is 9. The molecule has 0 bridgehead atoms. The molecular weight excluding hydrogens is 547 g/mol. The number of hydrogen-bond acceptors (Lipinski definition) is 6. The second-order valence-corrected chi connectivity index (χ2v) is 11.2. The Morgan fingerprint density at radius 3 is 2.58 bits per heavy atom. The monoisotopic (exact) mass is 568 g/mol. The van der Waals surface area contributed by atoms with Crippen molar-refractivity contribution < 1.29 is 18.8 Å². The first-order chi connectivity index (χ1) is 18.4. The maximum atomic E-state index is 10.7. The van der Waals surface area contributed by atoms with Gasteiger partial charge < -0.3 is 14.0 Å². The highest BCUT2D eigenvalue weighted by molar-refractivity contribution is 6.39.